The molecule has 0 aliphatic rings. The van der Waals surface area contributed by atoms with Crippen molar-refractivity contribution in [3.63, 3.8) is 0 Å². The van der Waals surface area contributed by atoms with Gasteiger partial charge in [-0.15, -0.1) is 0 Å². The third kappa shape index (κ3) is 3.52. The van der Waals surface area contributed by atoms with Crippen LogP contribution in [-0.2, 0) is 9.53 Å². The normalized spacial score (nSPS) is 11.6. The minimum atomic E-state index is -0.810. The molecule has 0 radical (unpaired) electrons. The van der Waals surface area contributed by atoms with Gasteiger partial charge in [0.25, 0.3) is 0 Å². The smallest absolute Gasteiger partial charge is 0.243 e. The van der Waals surface area contributed by atoms with Crippen molar-refractivity contribution in [3.05, 3.63) is 29.6 Å². The summed E-state index contributed by atoms with van der Waals surface area (Å²) in [5.74, 6) is -1.09. The number of ether oxygens (including phenoxy) is 1. The number of methoxy groups -OCH3 is 1. The molecule has 5 nitrogen and oxygen atoms in total. The summed E-state index contributed by atoms with van der Waals surface area (Å²) in [4.78, 5) is 11.5. The number of nitriles is 1. The molecule has 1 aromatic rings. The molecule has 0 aliphatic heterocycles. The maximum absolute atomic E-state index is 13.0. The molecule has 6 heteroatoms. The minimum Gasteiger partial charge on any atom is -0.383 e. The fraction of sp³-hybridized carbons (Fsp3) is 0.273. The second kappa shape index (κ2) is 5.94. The summed E-state index contributed by atoms with van der Waals surface area (Å²) in [6.45, 7) is 0.0815. The first-order valence-electron chi connectivity index (χ1n) is 4.83. The van der Waals surface area contributed by atoms with E-state index in [9.17, 15) is 9.18 Å². The summed E-state index contributed by atoms with van der Waals surface area (Å²) in [5.41, 5.74) is 5.68. The first kappa shape index (κ1) is 13.1. The molecule has 0 saturated heterocycles. The predicted molar refractivity (Wildman–Crippen MR) is 59.6 cm³/mol. The van der Waals surface area contributed by atoms with Crippen LogP contribution in [0.15, 0.2) is 18.2 Å². The molecule has 0 bridgehead atoms. The Hall–Kier alpha value is -1.97. The number of rotatable bonds is 4. The number of hydrogen-bond donors (Lipinski definition) is 2. The molecular weight excluding hydrogens is 225 g/mol. The van der Waals surface area contributed by atoms with E-state index in [0.717, 1.165) is 6.07 Å². The van der Waals surface area contributed by atoms with E-state index < -0.39 is 17.8 Å². The molecule has 90 valence electrons. The van der Waals surface area contributed by atoms with Crippen LogP contribution in [-0.4, -0.2) is 25.7 Å². The van der Waals surface area contributed by atoms with Crippen molar-refractivity contribution in [2.75, 3.05) is 19.0 Å². The van der Waals surface area contributed by atoms with Crippen molar-refractivity contribution in [1.82, 2.24) is 0 Å². The molecule has 1 unspecified atom stereocenters. The number of nitrogens with two attached hydrogens (primary N) is 1. The second-order valence-corrected chi connectivity index (χ2v) is 3.36. The summed E-state index contributed by atoms with van der Waals surface area (Å²) in [5, 5.41) is 11.1. The van der Waals surface area contributed by atoms with Crippen LogP contribution in [0, 0.1) is 17.1 Å². The van der Waals surface area contributed by atoms with Gasteiger partial charge in [-0.1, -0.05) is 0 Å². The Morgan fingerprint density at radius 2 is 2.41 bits per heavy atom. The molecule has 0 spiro atoms. The summed E-state index contributed by atoms with van der Waals surface area (Å²) >= 11 is 0. The van der Waals surface area contributed by atoms with Crippen molar-refractivity contribution in [2.45, 2.75) is 6.04 Å². The number of benzene rings is 1. The van der Waals surface area contributed by atoms with Gasteiger partial charge in [0.05, 0.1) is 12.2 Å². The molecule has 1 amide bonds. The van der Waals surface area contributed by atoms with Gasteiger partial charge >= 0.3 is 0 Å². The number of nitrogens with one attached hydrogen (secondary N) is 1. The first-order valence-corrected chi connectivity index (χ1v) is 4.83. The van der Waals surface area contributed by atoms with E-state index in [2.05, 4.69) is 5.32 Å². The van der Waals surface area contributed by atoms with Crippen molar-refractivity contribution < 1.29 is 13.9 Å². The zero-order chi connectivity index (χ0) is 12.8. The molecule has 1 rings (SSSR count). The van der Waals surface area contributed by atoms with Gasteiger partial charge in [-0.05, 0) is 18.2 Å². The molecule has 0 fully saturated rings. The minimum absolute atomic E-state index is 0.0815. The highest BCUT2D eigenvalue weighted by atomic mass is 19.1. The Kier molecular flexibility index (Phi) is 4.57. The van der Waals surface area contributed by atoms with Gasteiger partial charge in [0.2, 0.25) is 5.91 Å². The van der Waals surface area contributed by atoms with E-state index in [-0.39, 0.29) is 12.2 Å². The molecule has 1 aromatic carbocycles. The molecule has 3 N–H and O–H groups in total. The van der Waals surface area contributed by atoms with E-state index >= 15 is 0 Å². The van der Waals surface area contributed by atoms with Gasteiger partial charge in [-0.3, -0.25) is 4.79 Å². The van der Waals surface area contributed by atoms with Crippen LogP contribution in [0.5, 0.6) is 0 Å². The fourth-order valence-electron chi connectivity index (χ4n) is 1.18. The van der Waals surface area contributed by atoms with Crippen LogP contribution < -0.4 is 11.1 Å². The number of halogens is 1. The van der Waals surface area contributed by atoms with E-state index in [1.807, 2.05) is 0 Å². The van der Waals surface area contributed by atoms with E-state index in [4.69, 9.17) is 15.7 Å². The molecule has 17 heavy (non-hydrogen) atoms. The van der Waals surface area contributed by atoms with Crippen LogP contribution in [0.4, 0.5) is 10.1 Å². The Balaban J connectivity index is 2.76. The SMILES string of the molecule is COCC(N)C(=O)Nc1ccc(F)c(C#N)c1. The number of nitrogens with zero attached hydrogens (tertiary/aromatic N) is 1. The van der Waals surface area contributed by atoms with Gasteiger partial charge in [0.1, 0.15) is 17.9 Å². The monoisotopic (exact) mass is 237 g/mol. The Bertz CT molecular complexity index is 457. The maximum Gasteiger partial charge on any atom is 0.243 e. The maximum atomic E-state index is 13.0. The summed E-state index contributed by atoms with van der Waals surface area (Å²) < 4.78 is 17.7. The zero-order valence-corrected chi connectivity index (χ0v) is 9.24. The van der Waals surface area contributed by atoms with Gasteiger partial charge in [-0.25, -0.2) is 4.39 Å². The largest absolute Gasteiger partial charge is 0.383 e. The van der Waals surface area contributed by atoms with Gasteiger partial charge in [0, 0.05) is 12.8 Å². The van der Waals surface area contributed by atoms with Crippen molar-refractivity contribution in [1.29, 1.82) is 5.26 Å². The quantitative estimate of drug-likeness (QED) is 0.803. The molecule has 0 saturated carbocycles. The predicted octanol–water partition coefficient (Wildman–Crippen LogP) is 0.610. The second-order valence-electron chi connectivity index (χ2n) is 3.36. The Labute approximate surface area is 98.0 Å². The average molecular weight is 237 g/mol. The Morgan fingerprint density at radius 1 is 1.71 bits per heavy atom. The van der Waals surface area contributed by atoms with Crippen molar-refractivity contribution in [3.8, 4) is 6.07 Å². The third-order valence-corrected chi connectivity index (χ3v) is 2.04. The molecule has 1 atom stereocenters. The van der Waals surface area contributed by atoms with E-state index in [1.54, 1.807) is 6.07 Å². The summed E-state index contributed by atoms with van der Waals surface area (Å²) in [6, 6.07) is 4.58. The van der Waals surface area contributed by atoms with Crippen LogP contribution in [0.1, 0.15) is 5.56 Å². The van der Waals surface area contributed by atoms with Crippen molar-refractivity contribution in [2.24, 2.45) is 5.73 Å². The van der Waals surface area contributed by atoms with Crippen LogP contribution in [0.25, 0.3) is 0 Å². The van der Waals surface area contributed by atoms with Crippen LogP contribution in [0.2, 0.25) is 0 Å². The molecule has 0 heterocycles. The lowest BCUT2D eigenvalue weighted by Gasteiger charge is -2.11. The fourth-order valence-corrected chi connectivity index (χ4v) is 1.18. The molecule has 0 aliphatic carbocycles. The number of carbonyl (C=O) groups is 1. The molecular formula is C11H12FN3O2. The van der Waals surface area contributed by atoms with Crippen LogP contribution >= 0.6 is 0 Å². The Morgan fingerprint density at radius 3 is 3.00 bits per heavy atom. The number of hydrogen-bond acceptors (Lipinski definition) is 4. The van der Waals surface area contributed by atoms with Gasteiger partial charge < -0.3 is 15.8 Å². The summed E-state index contributed by atoms with van der Waals surface area (Å²) in [7, 11) is 1.43. The third-order valence-electron chi connectivity index (χ3n) is 2.04. The van der Waals surface area contributed by atoms with Gasteiger partial charge in [0.15, 0.2) is 0 Å². The first-order chi connectivity index (χ1) is 8.08. The molecule has 0 aromatic heterocycles. The van der Waals surface area contributed by atoms with Crippen LogP contribution in [0.3, 0.4) is 0 Å². The van der Waals surface area contributed by atoms with E-state index in [0.29, 0.717) is 5.69 Å². The number of anilines is 1. The summed E-state index contributed by atoms with van der Waals surface area (Å²) in [6.07, 6.45) is 0. The number of carbonyl (C=O) groups excluding carboxylic acids is 1. The van der Waals surface area contributed by atoms with Crippen molar-refractivity contribution >= 4 is 11.6 Å². The van der Waals surface area contributed by atoms with Gasteiger partial charge in [-0.2, -0.15) is 5.26 Å². The standard InChI is InChI=1S/C11H12FN3O2/c1-17-6-10(14)11(16)15-8-2-3-9(12)7(4-8)5-13/h2-4,10H,6,14H2,1H3,(H,15,16). The average Bonchev–Trinajstić information content (AvgIpc) is 2.31. The lowest BCUT2D eigenvalue weighted by molar-refractivity contribution is -0.118. The topological polar surface area (TPSA) is 88.1 Å². The lowest BCUT2D eigenvalue weighted by Crippen LogP contribution is -2.39. The highest BCUT2D eigenvalue weighted by molar-refractivity contribution is 5.94. The highest BCUT2D eigenvalue weighted by Crippen LogP contribution is 2.13. The van der Waals surface area contributed by atoms with E-state index in [1.165, 1.54) is 19.2 Å². The highest BCUT2D eigenvalue weighted by Gasteiger charge is 2.13. The number of amides is 1. The lowest BCUT2D eigenvalue weighted by atomic mass is 10.2. The zero-order valence-electron chi connectivity index (χ0n) is 9.24.